The van der Waals surface area contributed by atoms with Crippen molar-refractivity contribution in [3.63, 3.8) is 0 Å². The average molecular weight is 408 g/mol. The van der Waals surface area contributed by atoms with Crippen LogP contribution in [0.5, 0.6) is 0 Å². The summed E-state index contributed by atoms with van der Waals surface area (Å²) >= 11 is 0. The van der Waals surface area contributed by atoms with Gasteiger partial charge in [-0.3, -0.25) is 4.79 Å². The monoisotopic (exact) mass is 408 g/mol. The number of aromatic nitrogens is 2. The highest BCUT2D eigenvalue weighted by atomic mass is 32.2. The molecule has 2 heterocycles. The van der Waals surface area contributed by atoms with Gasteiger partial charge >= 0.3 is 0 Å². The molecule has 0 atom stereocenters. The molecule has 0 aliphatic carbocycles. The van der Waals surface area contributed by atoms with Crippen LogP contribution in [0.2, 0.25) is 0 Å². The highest BCUT2D eigenvalue weighted by Crippen LogP contribution is 2.36. The molecular formula is C17H21FN6O3S. The Kier molecular flexibility index (Phi) is 5.59. The molecule has 5 N–H and O–H groups in total. The Hall–Kier alpha value is -2.63. The molecule has 1 aliphatic rings. The number of hydrogen-bond acceptors (Lipinski definition) is 6. The summed E-state index contributed by atoms with van der Waals surface area (Å²) < 4.78 is 38.2. The standard InChI is InChI=1S/C17H21FN6O3S/c18-13-3-1-2-12(10-13)17(4-8-24(9-5-17)28(20,26)27)11-23-16(25)14-15(19)22-7-6-21-14/h1-3,6-7,10H,4-5,8-9,11H2,(H2,19,22)(H,23,25)(H2,20,26,27). The Morgan fingerprint density at radius 3 is 2.54 bits per heavy atom. The highest BCUT2D eigenvalue weighted by molar-refractivity contribution is 7.86. The third-order valence-electron chi connectivity index (χ3n) is 5.01. The van der Waals surface area contributed by atoms with E-state index in [-0.39, 0.29) is 31.1 Å². The molecule has 2 aromatic rings. The van der Waals surface area contributed by atoms with Crippen LogP contribution in [-0.4, -0.2) is 48.2 Å². The van der Waals surface area contributed by atoms with E-state index in [0.717, 1.165) is 0 Å². The summed E-state index contributed by atoms with van der Waals surface area (Å²) in [4.78, 5) is 20.2. The van der Waals surface area contributed by atoms with Crippen molar-refractivity contribution in [2.24, 2.45) is 5.14 Å². The predicted octanol–water partition coefficient (Wildman–Crippen LogP) is 0.165. The number of amides is 1. The first-order valence-corrected chi connectivity index (χ1v) is 10.1. The van der Waals surface area contributed by atoms with Crippen molar-refractivity contribution in [1.82, 2.24) is 19.6 Å². The topological polar surface area (TPSA) is 144 Å². The Bertz CT molecular complexity index is 976. The van der Waals surface area contributed by atoms with Crippen molar-refractivity contribution in [2.45, 2.75) is 18.3 Å². The van der Waals surface area contributed by atoms with Gasteiger partial charge in [-0.15, -0.1) is 0 Å². The van der Waals surface area contributed by atoms with Crippen LogP contribution in [0.3, 0.4) is 0 Å². The molecule has 28 heavy (non-hydrogen) atoms. The lowest BCUT2D eigenvalue weighted by Crippen LogP contribution is -2.51. The van der Waals surface area contributed by atoms with Crippen LogP contribution < -0.4 is 16.2 Å². The summed E-state index contributed by atoms with van der Waals surface area (Å²) in [6, 6.07) is 6.07. The van der Waals surface area contributed by atoms with Gasteiger partial charge in [0, 0.05) is 37.4 Å². The van der Waals surface area contributed by atoms with E-state index < -0.39 is 27.3 Å². The fraction of sp³-hybridized carbons (Fsp3) is 0.353. The number of anilines is 1. The molecule has 1 fully saturated rings. The molecule has 1 aliphatic heterocycles. The quantitative estimate of drug-likeness (QED) is 0.643. The number of rotatable bonds is 5. The first kappa shape index (κ1) is 20.1. The van der Waals surface area contributed by atoms with Crippen molar-refractivity contribution in [1.29, 1.82) is 0 Å². The maximum absolute atomic E-state index is 13.8. The van der Waals surface area contributed by atoms with Gasteiger partial charge < -0.3 is 11.1 Å². The predicted molar refractivity (Wildman–Crippen MR) is 101 cm³/mol. The lowest BCUT2D eigenvalue weighted by molar-refractivity contribution is 0.0928. The smallest absolute Gasteiger partial charge is 0.276 e. The molecular weight excluding hydrogens is 387 g/mol. The zero-order valence-electron chi connectivity index (χ0n) is 15.0. The molecule has 150 valence electrons. The van der Waals surface area contributed by atoms with Crippen LogP contribution in [-0.2, 0) is 15.6 Å². The van der Waals surface area contributed by atoms with Gasteiger partial charge in [-0.25, -0.2) is 19.5 Å². The third kappa shape index (κ3) is 4.26. The normalized spacial score (nSPS) is 17.2. The fourth-order valence-corrected chi connectivity index (χ4v) is 4.10. The maximum atomic E-state index is 13.8. The van der Waals surface area contributed by atoms with Crippen LogP contribution in [0, 0.1) is 5.82 Å². The minimum absolute atomic E-state index is 0.00105. The van der Waals surface area contributed by atoms with Crippen molar-refractivity contribution >= 4 is 21.9 Å². The van der Waals surface area contributed by atoms with Gasteiger partial charge in [0.1, 0.15) is 5.82 Å². The van der Waals surface area contributed by atoms with E-state index in [9.17, 15) is 17.6 Å². The second-order valence-electron chi connectivity index (χ2n) is 6.71. The van der Waals surface area contributed by atoms with E-state index in [1.807, 2.05) is 0 Å². The largest absolute Gasteiger partial charge is 0.382 e. The zero-order valence-corrected chi connectivity index (χ0v) is 15.8. The number of carbonyl (C=O) groups excluding carboxylic acids is 1. The number of carbonyl (C=O) groups is 1. The van der Waals surface area contributed by atoms with E-state index in [0.29, 0.717) is 18.4 Å². The molecule has 1 saturated heterocycles. The first-order valence-electron chi connectivity index (χ1n) is 8.60. The lowest BCUT2D eigenvalue weighted by atomic mass is 9.73. The number of halogens is 1. The van der Waals surface area contributed by atoms with Gasteiger partial charge in [0.25, 0.3) is 16.1 Å². The van der Waals surface area contributed by atoms with Crippen LogP contribution in [0.1, 0.15) is 28.9 Å². The number of hydrogen-bond donors (Lipinski definition) is 3. The summed E-state index contributed by atoms with van der Waals surface area (Å²) in [6.45, 7) is 0.487. The van der Waals surface area contributed by atoms with Crippen LogP contribution in [0.25, 0.3) is 0 Å². The van der Waals surface area contributed by atoms with Gasteiger partial charge in [-0.2, -0.15) is 12.7 Å². The van der Waals surface area contributed by atoms with Crippen molar-refractivity contribution < 1.29 is 17.6 Å². The molecule has 11 heteroatoms. The van der Waals surface area contributed by atoms with Gasteiger partial charge in [-0.05, 0) is 30.5 Å². The van der Waals surface area contributed by atoms with Gasteiger partial charge in [0.05, 0.1) is 0 Å². The Labute approximate surface area is 162 Å². The number of nitrogens with two attached hydrogens (primary N) is 2. The van der Waals surface area contributed by atoms with E-state index in [2.05, 4.69) is 15.3 Å². The number of piperidine rings is 1. The second-order valence-corrected chi connectivity index (χ2v) is 8.25. The van der Waals surface area contributed by atoms with Crippen molar-refractivity contribution in [2.75, 3.05) is 25.4 Å². The van der Waals surface area contributed by atoms with E-state index in [1.54, 1.807) is 12.1 Å². The SMILES string of the molecule is Nc1nccnc1C(=O)NCC1(c2cccc(F)c2)CCN(S(N)(=O)=O)CC1. The Morgan fingerprint density at radius 1 is 1.25 bits per heavy atom. The molecule has 3 rings (SSSR count). The summed E-state index contributed by atoms with van der Waals surface area (Å²) in [5.74, 6) is -0.908. The highest BCUT2D eigenvalue weighted by Gasteiger charge is 2.39. The van der Waals surface area contributed by atoms with Gasteiger partial charge in [0.2, 0.25) is 0 Å². The van der Waals surface area contributed by atoms with E-state index >= 15 is 0 Å². The fourth-order valence-electron chi connectivity index (χ4n) is 3.41. The third-order valence-corrected chi connectivity index (χ3v) is 6.09. The van der Waals surface area contributed by atoms with Crippen molar-refractivity contribution in [3.05, 3.63) is 53.7 Å². The number of nitrogen functional groups attached to an aromatic ring is 1. The molecule has 0 bridgehead atoms. The minimum Gasteiger partial charge on any atom is -0.382 e. The first-order chi connectivity index (χ1) is 13.2. The number of nitrogens with zero attached hydrogens (tertiary/aromatic N) is 3. The van der Waals surface area contributed by atoms with Crippen LogP contribution in [0.15, 0.2) is 36.7 Å². The number of nitrogens with one attached hydrogen (secondary N) is 1. The molecule has 0 spiro atoms. The summed E-state index contributed by atoms with van der Waals surface area (Å²) in [5, 5.41) is 7.99. The summed E-state index contributed by atoms with van der Waals surface area (Å²) in [5.41, 5.74) is 5.71. The van der Waals surface area contributed by atoms with Gasteiger partial charge in [-0.1, -0.05) is 12.1 Å². The summed E-state index contributed by atoms with van der Waals surface area (Å²) in [7, 11) is -3.81. The molecule has 1 aromatic carbocycles. The molecule has 0 saturated carbocycles. The van der Waals surface area contributed by atoms with E-state index in [1.165, 1.54) is 28.8 Å². The number of benzene rings is 1. The van der Waals surface area contributed by atoms with Crippen LogP contribution in [0.4, 0.5) is 10.2 Å². The second kappa shape index (κ2) is 7.78. The van der Waals surface area contributed by atoms with Crippen LogP contribution >= 0.6 is 0 Å². The molecule has 0 unspecified atom stereocenters. The molecule has 1 amide bonds. The lowest BCUT2D eigenvalue weighted by Gasteiger charge is -2.41. The van der Waals surface area contributed by atoms with Gasteiger partial charge in [0.15, 0.2) is 11.5 Å². The average Bonchev–Trinajstić information content (AvgIpc) is 2.66. The molecule has 1 aromatic heterocycles. The summed E-state index contributed by atoms with van der Waals surface area (Å²) in [6.07, 6.45) is 3.47. The maximum Gasteiger partial charge on any atom is 0.276 e. The van der Waals surface area contributed by atoms with E-state index in [4.69, 9.17) is 10.9 Å². The molecule has 9 nitrogen and oxygen atoms in total. The minimum atomic E-state index is -3.81. The Balaban J connectivity index is 1.84. The molecule has 0 radical (unpaired) electrons. The zero-order chi connectivity index (χ0) is 20.4. The Morgan fingerprint density at radius 2 is 1.93 bits per heavy atom. The van der Waals surface area contributed by atoms with Crippen molar-refractivity contribution in [3.8, 4) is 0 Å².